The van der Waals surface area contributed by atoms with Gasteiger partial charge in [-0.1, -0.05) is 17.7 Å². The molecule has 94 valence electrons. The molecule has 5 heteroatoms. The van der Waals surface area contributed by atoms with Crippen LogP contribution in [0.1, 0.15) is 16.2 Å². The van der Waals surface area contributed by atoms with Crippen LogP contribution < -0.4 is 0 Å². The average Bonchev–Trinajstić information content (AvgIpc) is 2.74. The number of hydrogen-bond donors (Lipinski definition) is 0. The van der Waals surface area contributed by atoms with E-state index in [4.69, 9.17) is 11.6 Å². The second-order valence-corrected chi connectivity index (χ2v) is 4.56. The highest BCUT2D eigenvalue weighted by atomic mass is 35.5. The topological polar surface area (TPSA) is 38.1 Å². The molecule has 0 N–H and O–H groups in total. The third kappa shape index (κ3) is 2.71. The van der Waals surface area contributed by atoms with E-state index in [1.165, 1.54) is 0 Å². The molecule has 0 unspecified atom stereocenters. The van der Waals surface area contributed by atoms with E-state index in [2.05, 4.69) is 4.98 Å². The smallest absolute Gasteiger partial charge is 0.254 e. The zero-order valence-electron chi connectivity index (χ0n) is 10.3. The van der Waals surface area contributed by atoms with Crippen LogP contribution >= 0.6 is 11.6 Å². The molecule has 4 nitrogen and oxygen atoms in total. The quantitative estimate of drug-likeness (QED) is 0.853. The summed E-state index contributed by atoms with van der Waals surface area (Å²) in [6.07, 6.45) is 3.57. The Morgan fingerprint density at radius 2 is 2.28 bits per heavy atom. The fourth-order valence-electron chi connectivity index (χ4n) is 1.67. The SMILES string of the molecule is CN(Cc1nccn1C)C(=O)c1cccc(Cl)c1. The number of carbonyl (C=O) groups is 1. The van der Waals surface area contributed by atoms with Gasteiger partial charge in [-0.05, 0) is 18.2 Å². The first kappa shape index (κ1) is 12.6. The van der Waals surface area contributed by atoms with Crippen LogP contribution in [0.3, 0.4) is 0 Å². The zero-order chi connectivity index (χ0) is 13.1. The summed E-state index contributed by atoms with van der Waals surface area (Å²) in [5, 5.41) is 0.561. The molecular weight excluding hydrogens is 250 g/mol. The minimum Gasteiger partial charge on any atom is -0.337 e. The number of nitrogens with zero attached hydrogens (tertiary/aromatic N) is 3. The first-order chi connectivity index (χ1) is 8.58. The van der Waals surface area contributed by atoms with Crippen molar-refractivity contribution in [3.63, 3.8) is 0 Å². The predicted molar refractivity (Wildman–Crippen MR) is 70.5 cm³/mol. The molecule has 1 aromatic heterocycles. The number of hydrogen-bond acceptors (Lipinski definition) is 2. The summed E-state index contributed by atoms with van der Waals surface area (Å²) in [6.45, 7) is 0.467. The van der Waals surface area contributed by atoms with Gasteiger partial charge in [0.05, 0.1) is 6.54 Å². The number of aryl methyl sites for hydroxylation is 1. The van der Waals surface area contributed by atoms with Gasteiger partial charge in [0.2, 0.25) is 0 Å². The largest absolute Gasteiger partial charge is 0.337 e. The Bertz CT molecular complexity index is 565. The molecule has 1 aromatic carbocycles. The molecule has 0 aliphatic carbocycles. The molecule has 0 saturated heterocycles. The molecule has 18 heavy (non-hydrogen) atoms. The Balaban J connectivity index is 2.12. The maximum absolute atomic E-state index is 12.2. The van der Waals surface area contributed by atoms with Crippen molar-refractivity contribution in [2.45, 2.75) is 6.54 Å². The van der Waals surface area contributed by atoms with E-state index >= 15 is 0 Å². The lowest BCUT2D eigenvalue weighted by atomic mass is 10.2. The Kier molecular flexibility index (Phi) is 3.67. The highest BCUT2D eigenvalue weighted by molar-refractivity contribution is 6.30. The maximum atomic E-state index is 12.2. The standard InChI is InChI=1S/C13H14ClN3O/c1-16-7-6-15-12(16)9-17(2)13(18)10-4-3-5-11(14)8-10/h3-8H,9H2,1-2H3. The molecule has 0 radical (unpaired) electrons. The predicted octanol–water partition coefficient (Wildman–Crippen LogP) is 2.35. The summed E-state index contributed by atoms with van der Waals surface area (Å²) >= 11 is 5.87. The van der Waals surface area contributed by atoms with Gasteiger partial charge in [0.15, 0.2) is 0 Å². The van der Waals surface area contributed by atoms with Gasteiger partial charge in [-0.2, -0.15) is 0 Å². The van der Waals surface area contributed by atoms with Crippen LogP contribution in [0.25, 0.3) is 0 Å². The molecule has 1 amide bonds. The summed E-state index contributed by atoms with van der Waals surface area (Å²) in [5.74, 6) is 0.772. The van der Waals surface area contributed by atoms with E-state index in [1.807, 2.05) is 17.8 Å². The van der Waals surface area contributed by atoms with Crippen molar-refractivity contribution >= 4 is 17.5 Å². The van der Waals surface area contributed by atoms with Gasteiger partial charge in [0.25, 0.3) is 5.91 Å². The normalized spacial score (nSPS) is 10.4. The van der Waals surface area contributed by atoms with E-state index in [0.717, 1.165) is 5.82 Å². The fraction of sp³-hybridized carbons (Fsp3) is 0.231. The lowest BCUT2D eigenvalue weighted by molar-refractivity contribution is 0.0780. The van der Waals surface area contributed by atoms with Crippen molar-refractivity contribution in [1.82, 2.24) is 14.5 Å². The Labute approximate surface area is 111 Å². The highest BCUT2D eigenvalue weighted by Gasteiger charge is 2.13. The highest BCUT2D eigenvalue weighted by Crippen LogP contribution is 2.13. The van der Waals surface area contributed by atoms with Crippen molar-refractivity contribution < 1.29 is 4.79 Å². The Morgan fingerprint density at radius 3 is 2.89 bits per heavy atom. The third-order valence-electron chi connectivity index (χ3n) is 2.72. The molecule has 0 atom stereocenters. The Morgan fingerprint density at radius 1 is 1.50 bits per heavy atom. The van der Waals surface area contributed by atoms with Crippen LogP contribution in [0, 0.1) is 0 Å². The molecule has 0 bridgehead atoms. The molecule has 2 aromatic rings. The van der Waals surface area contributed by atoms with Crippen molar-refractivity contribution in [3.8, 4) is 0 Å². The minimum absolute atomic E-state index is 0.0690. The summed E-state index contributed by atoms with van der Waals surface area (Å²) in [5.41, 5.74) is 0.583. The van der Waals surface area contributed by atoms with Crippen molar-refractivity contribution in [2.24, 2.45) is 7.05 Å². The van der Waals surface area contributed by atoms with Gasteiger partial charge in [-0.25, -0.2) is 4.98 Å². The Hall–Kier alpha value is -1.81. The molecule has 1 heterocycles. The number of aromatic nitrogens is 2. The van der Waals surface area contributed by atoms with Crippen LogP contribution in [0.2, 0.25) is 5.02 Å². The molecule has 0 aliphatic rings. The van der Waals surface area contributed by atoms with E-state index < -0.39 is 0 Å². The van der Waals surface area contributed by atoms with Crippen LogP contribution in [0.15, 0.2) is 36.7 Å². The first-order valence-electron chi connectivity index (χ1n) is 5.55. The van der Waals surface area contributed by atoms with Gasteiger partial charge in [0, 0.05) is 37.1 Å². The fourth-order valence-corrected chi connectivity index (χ4v) is 1.86. The number of rotatable bonds is 3. The van der Waals surface area contributed by atoms with Gasteiger partial charge in [0.1, 0.15) is 5.82 Å². The summed E-state index contributed by atoms with van der Waals surface area (Å²) in [4.78, 5) is 18.0. The van der Waals surface area contributed by atoms with Gasteiger partial charge >= 0.3 is 0 Å². The second kappa shape index (κ2) is 5.23. The molecule has 0 fully saturated rings. The average molecular weight is 264 g/mol. The number of carbonyl (C=O) groups excluding carboxylic acids is 1. The van der Waals surface area contributed by atoms with Crippen molar-refractivity contribution in [3.05, 3.63) is 53.1 Å². The number of amides is 1. The maximum Gasteiger partial charge on any atom is 0.254 e. The van der Waals surface area contributed by atoms with Crippen LogP contribution in [-0.4, -0.2) is 27.4 Å². The van der Waals surface area contributed by atoms with Gasteiger partial charge in [-0.15, -0.1) is 0 Å². The first-order valence-corrected chi connectivity index (χ1v) is 5.93. The third-order valence-corrected chi connectivity index (χ3v) is 2.95. The number of imidazole rings is 1. The van der Waals surface area contributed by atoms with E-state index in [9.17, 15) is 4.79 Å². The monoisotopic (exact) mass is 263 g/mol. The molecule has 0 saturated carbocycles. The molecular formula is C13H14ClN3O. The van der Waals surface area contributed by atoms with E-state index in [1.54, 1.807) is 42.4 Å². The van der Waals surface area contributed by atoms with Crippen molar-refractivity contribution in [1.29, 1.82) is 0 Å². The van der Waals surface area contributed by atoms with Crippen LogP contribution in [0.5, 0.6) is 0 Å². The minimum atomic E-state index is -0.0690. The lowest BCUT2D eigenvalue weighted by Crippen LogP contribution is -2.27. The van der Waals surface area contributed by atoms with E-state index in [0.29, 0.717) is 17.1 Å². The van der Waals surface area contributed by atoms with Crippen molar-refractivity contribution in [2.75, 3.05) is 7.05 Å². The summed E-state index contributed by atoms with van der Waals surface area (Å²) in [7, 11) is 3.65. The second-order valence-electron chi connectivity index (χ2n) is 4.13. The zero-order valence-corrected chi connectivity index (χ0v) is 11.1. The number of halogens is 1. The number of benzene rings is 1. The molecule has 2 rings (SSSR count). The molecule has 0 aliphatic heterocycles. The van der Waals surface area contributed by atoms with Crippen LogP contribution in [0.4, 0.5) is 0 Å². The lowest BCUT2D eigenvalue weighted by Gasteiger charge is -2.17. The van der Waals surface area contributed by atoms with Gasteiger partial charge in [-0.3, -0.25) is 4.79 Å². The summed E-state index contributed by atoms with van der Waals surface area (Å²) in [6, 6.07) is 6.93. The molecule has 0 spiro atoms. The van der Waals surface area contributed by atoms with Gasteiger partial charge < -0.3 is 9.47 Å². The van der Waals surface area contributed by atoms with E-state index in [-0.39, 0.29) is 5.91 Å². The van der Waals surface area contributed by atoms with Crippen LogP contribution in [-0.2, 0) is 13.6 Å². The summed E-state index contributed by atoms with van der Waals surface area (Å²) < 4.78 is 1.89.